The molecule has 3 N–H and O–H groups in total. The summed E-state index contributed by atoms with van der Waals surface area (Å²) in [7, 11) is 0. The van der Waals surface area contributed by atoms with Gasteiger partial charge in [-0.15, -0.1) is 0 Å². The fraction of sp³-hybridized carbons (Fsp3) is 0.933. The van der Waals surface area contributed by atoms with Crippen LogP contribution in [0.2, 0.25) is 0 Å². The van der Waals surface area contributed by atoms with E-state index in [0.717, 1.165) is 19.3 Å². The summed E-state index contributed by atoms with van der Waals surface area (Å²) >= 11 is 0. The maximum Gasteiger partial charge on any atom is 0.410 e. The number of piperidine rings is 2. The molecule has 2 aliphatic heterocycles. The maximum atomic E-state index is 12.4. The molecule has 20 heavy (non-hydrogen) atoms. The molecular formula is C15H28N2O3. The summed E-state index contributed by atoms with van der Waals surface area (Å²) in [5.41, 5.74) is 4.22. The molecule has 2 heterocycles. The van der Waals surface area contributed by atoms with Crippen LogP contribution in [0.4, 0.5) is 4.79 Å². The number of nitrogens with zero attached hydrogens (tertiary/aromatic N) is 1. The van der Waals surface area contributed by atoms with E-state index >= 15 is 0 Å². The Bertz CT molecular complexity index is 397. The number of hydrogen-bond donors (Lipinski definition) is 2. The fourth-order valence-corrected chi connectivity index (χ4v) is 3.54. The SMILES string of the molecule is CC(C)(C)OC(=O)N1CC2CCC1C(N)(C(C)(C)O)C2. The van der Waals surface area contributed by atoms with E-state index in [0.29, 0.717) is 12.5 Å². The van der Waals surface area contributed by atoms with Gasteiger partial charge in [-0.3, -0.25) is 0 Å². The van der Waals surface area contributed by atoms with Gasteiger partial charge in [-0.2, -0.15) is 0 Å². The minimum absolute atomic E-state index is 0.151. The highest BCUT2D eigenvalue weighted by Gasteiger charge is 2.57. The van der Waals surface area contributed by atoms with Gasteiger partial charge in [0.05, 0.1) is 17.2 Å². The van der Waals surface area contributed by atoms with Gasteiger partial charge in [-0.25, -0.2) is 4.79 Å². The monoisotopic (exact) mass is 284 g/mol. The van der Waals surface area contributed by atoms with E-state index in [-0.39, 0.29) is 12.1 Å². The van der Waals surface area contributed by atoms with E-state index in [1.165, 1.54) is 0 Å². The normalized spacial score (nSPS) is 34.2. The topological polar surface area (TPSA) is 75.8 Å². The van der Waals surface area contributed by atoms with Gasteiger partial charge in [0.25, 0.3) is 0 Å². The molecular weight excluding hydrogens is 256 g/mol. The summed E-state index contributed by atoms with van der Waals surface area (Å²) < 4.78 is 5.49. The molecule has 0 aromatic heterocycles. The number of carbonyl (C=O) groups is 1. The van der Waals surface area contributed by atoms with Gasteiger partial charge >= 0.3 is 6.09 Å². The molecule has 1 amide bonds. The zero-order valence-corrected chi connectivity index (χ0v) is 13.3. The lowest BCUT2D eigenvalue weighted by Crippen LogP contribution is -2.75. The van der Waals surface area contributed by atoms with Crippen molar-refractivity contribution in [3.8, 4) is 0 Å². The predicted octanol–water partition coefficient (Wildman–Crippen LogP) is 1.87. The van der Waals surface area contributed by atoms with Crippen molar-refractivity contribution in [2.45, 2.75) is 76.7 Å². The number of amides is 1. The highest BCUT2D eigenvalue weighted by molar-refractivity contribution is 5.69. The van der Waals surface area contributed by atoms with Crippen LogP contribution in [0, 0.1) is 5.92 Å². The molecule has 0 radical (unpaired) electrons. The number of nitrogens with two attached hydrogens (primary N) is 1. The van der Waals surface area contributed by atoms with Crippen LogP contribution in [-0.2, 0) is 4.74 Å². The third-order valence-corrected chi connectivity index (χ3v) is 4.67. The number of hydrogen-bond acceptors (Lipinski definition) is 4. The van der Waals surface area contributed by atoms with E-state index in [1.807, 2.05) is 20.8 Å². The van der Waals surface area contributed by atoms with Gasteiger partial charge in [-0.05, 0) is 59.8 Å². The van der Waals surface area contributed by atoms with E-state index in [4.69, 9.17) is 10.5 Å². The molecule has 1 aliphatic carbocycles. The lowest BCUT2D eigenvalue weighted by atomic mass is 9.62. The molecule has 3 rings (SSSR count). The smallest absolute Gasteiger partial charge is 0.410 e. The van der Waals surface area contributed by atoms with Crippen molar-refractivity contribution in [1.82, 2.24) is 4.90 Å². The summed E-state index contributed by atoms with van der Waals surface area (Å²) in [5, 5.41) is 10.5. The number of aliphatic hydroxyl groups is 1. The van der Waals surface area contributed by atoms with Crippen molar-refractivity contribution >= 4 is 6.09 Å². The largest absolute Gasteiger partial charge is 0.444 e. The van der Waals surface area contributed by atoms with Crippen LogP contribution in [0.3, 0.4) is 0 Å². The van der Waals surface area contributed by atoms with Gasteiger partial charge < -0.3 is 20.5 Å². The molecule has 5 nitrogen and oxygen atoms in total. The summed E-state index contributed by atoms with van der Waals surface area (Å²) in [5.74, 6) is 0.351. The molecule has 0 spiro atoms. The highest BCUT2D eigenvalue weighted by atomic mass is 16.6. The third kappa shape index (κ3) is 2.66. The lowest BCUT2D eigenvalue weighted by Gasteiger charge is -2.59. The minimum atomic E-state index is -1.02. The van der Waals surface area contributed by atoms with E-state index in [9.17, 15) is 9.90 Å². The van der Waals surface area contributed by atoms with Crippen LogP contribution < -0.4 is 5.73 Å². The average molecular weight is 284 g/mol. The zero-order chi connectivity index (χ0) is 15.3. The first kappa shape index (κ1) is 15.6. The molecule has 3 atom stereocenters. The van der Waals surface area contributed by atoms with E-state index in [1.54, 1.807) is 18.7 Å². The van der Waals surface area contributed by atoms with Crippen molar-refractivity contribution in [2.75, 3.05) is 6.54 Å². The van der Waals surface area contributed by atoms with Crippen LogP contribution >= 0.6 is 0 Å². The Hall–Kier alpha value is -0.810. The molecule has 3 aliphatic rings. The Morgan fingerprint density at radius 1 is 1.30 bits per heavy atom. The Labute approximate surface area is 121 Å². The van der Waals surface area contributed by atoms with Crippen LogP contribution in [0.25, 0.3) is 0 Å². The second kappa shape index (κ2) is 4.60. The van der Waals surface area contributed by atoms with Gasteiger partial charge in [0, 0.05) is 6.54 Å². The molecule has 3 unspecified atom stereocenters. The molecule has 0 aromatic carbocycles. The highest BCUT2D eigenvalue weighted by Crippen LogP contribution is 2.45. The lowest BCUT2D eigenvalue weighted by molar-refractivity contribution is -0.110. The Balaban J connectivity index is 2.23. The molecule has 0 aromatic rings. The van der Waals surface area contributed by atoms with Crippen LogP contribution in [0.15, 0.2) is 0 Å². The number of carbonyl (C=O) groups excluding carboxylic acids is 1. The first-order chi connectivity index (χ1) is 8.94. The summed E-state index contributed by atoms with van der Waals surface area (Å²) in [6, 6.07) is -0.151. The fourth-order valence-electron chi connectivity index (χ4n) is 3.54. The molecule has 1 saturated carbocycles. The molecule has 2 bridgehead atoms. The van der Waals surface area contributed by atoms with Crippen molar-refractivity contribution in [3.63, 3.8) is 0 Å². The Morgan fingerprint density at radius 3 is 2.35 bits per heavy atom. The average Bonchev–Trinajstić information content (AvgIpc) is 2.25. The van der Waals surface area contributed by atoms with Crippen molar-refractivity contribution in [3.05, 3.63) is 0 Å². The first-order valence-electron chi connectivity index (χ1n) is 7.45. The van der Waals surface area contributed by atoms with E-state index < -0.39 is 16.7 Å². The van der Waals surface area contributed by atoms with Crippen molar-refractivity contribution in [1.29, 1.82) is 0 Å². The maximum absolute atomic E-state index is 12.4. The molecule has 2 saturated heterocycles. The van der Waals surface area contributed by atoms with Crippen LogP contribution in [-0.4, -0.2) is 45.4 Å². The predicted molar refractivity (Wildman–Crippen MR) is 77.3 cm³/mol. The number of rotatable bonds is 1. The summed E-state index contributed by atoms with van der Waals surface area (Å²) in [6.07, 6.45) is 2.36. The third-order valence-electron chi connectivity index (χ3n) is 4.67. The zero-order valence-electron chi connectivity index (χ0n) is 13.3. The second-order valence-corrected chi connectivity index (χ2v) is 7.90. The van der Waals surface area contributed by atoms with Gasteiger partial charge in [0.2, 0.25) is 0 Å². The Morgan fingerprint density at radius 2 is 1.90 bits per heavy atom. The van der Waals surface area contributed by atoms with Crippen LogP contribution in [0.1, 0.15) is 53.9 Å². The number of ether oxygens (including phenoxy) is 1. The standard InChI is InChI=1S/C15H28N2O3/c1-13(2,3)20-12(18)17-9-10-6-7-11(17)15(16,8-10)14(4,5)19/h10-11,19H,6-9,16H2,1-5H3. The van der Waals surface area contributed by atoms with Crippen molar-refractivity contribution in [2.24, 2.45) is 11.7 Å². The van der Waals surface area contributed by atoms with Crippen molar-refractivity contribution < 1.29 is 14.6 Å². The summed E-state index contributed by atoms with van der Waals surface area (Å²) in [6.45, 7) is 9.74. The minimum Gasteiger partial charge on any atom is -0.444 e. The first-order valence-corrected chi connectivity index (χ1v) is 7.45. The van der Waals surface area contributed by atoms with Gasteiger partial charge in [0.1, 0.15) is 5.60 Å². The molecule has 116 valence electrons. The molecule has 5 heteroatoms. The van der Waals surface area contributed by atoms with Gasteiger partial charge in [-0.1, -0.05) is 0 Å². The van der Waals surface area contributed by atoms with Gasteiger partial charge in [0.15, 0.2) is 0 Å². The quantitative estimate of drug-likeness (QED) is 0.771. The second-order valence-electron chi connectivity index (χ2n) is 7.90. The summed E-state index contributed by atoms with van der Waals surface area (Å²) in [4.78, 5) is 14.1. The van der Waals surface area contributed by atoms with Crippen LogP contribution in [0.5, 0.6) is 0 Å². The van der Waals surface area contributed by atoms with E-state index in [2.05, 4.69) is 0 Å². The Kier molecular flexibility index (Phi) is 3.58. The molecule has 3 fully saturated rings. The number of fused-ring (bicyclic) bond motifs is 3.